The molecule has 0 spiro atoms. The van der Waals surface area contributed by atoms with Crippen LogP contribution in [-0.2, 0) is 14.3 Å². The van der Waals surface area contributed by atoms with Crippen LogP contribution in [0.2, 0.25) is 0 Å². The van der Waals surface area contributed by atoms with Crippen LogP contribution in [0.5, 0.6) is 0 Å². The normalized spacial score (nSPS) is 26.1. The fourth-order valence-electron chi connectivity index (χ4n) is 1.14. The summed E-state index contributed by atoms with van der Waals surface area (Å²) in [5.74, 6) is -2.03. The first-order valence-corrected chi connectivity index (χ1v) is 3.57. The van der Waals surface area contributed by atoms with Crippen molar-refractivity contribution in [2.24, 2.45) is 11.8 Å². The largest absolute Gasteiger partial charge is 0.481 e. The van der Waals surface area contributed by atoms with Gasteiger partial charge >= 0.3 is 11.9 Å². The van der Waals surface area contributed by atoms with Gasteiger partial charge in [-0.1, -0.05) is 6.58 Å². The standard InChI is InChI=1S/C8H10O4/c1-4(8(11)12-2)5-3-6(5)7(9)10/h5-6H,1,3H2,2H3,(H,9,10). The Hall–Kier alpha value is -1.32. The Morgan fingerprint density at radius 3 is 2.42 bits per heavy atom. The monoisotopic (exact) mass is 170 g/mol. The number of aliphatic carboxylic acids is 1. The fourth-order valence-corrected chi connectivity index (χ4v) is 1.14. The van der Waals surface area contributed by atoms with Crippen LogP contribution in [-0.4, -0.2) is 24.2 Å². The van der Waals surface area contributed by atoms with Crippen molar-refractivity contribution in [2.45, 2.75) is 6.42 Å². The van der Waals surface area contributed by atoms with E-state index in [1.165, 1.54) is 7.11 Å². The van der Waals surface area contributed by atoms with Gasteiger partial charge in [-0.3, -0.25) is 4.79 Å². The second-order valence-corrected chi connectivity index (χ2v) is 2.80. The van der Waals surface area contributed by atoms with Crippen LogP contribution in [0.1, 0.15) is 6.42 Å². The number of carbonyl (C=O) groups excluding carboxylic acids is 1. The predicted octanol–water partition coefficient (Wildman–Crippen LogP) is 0.436. The summed E-state index contributed by atoms with van der Waals surface area (Å²) in [6.45, 7) is 3.48. The van der Waals surface area contributed by atoms with Crippen molar-refractivity contribution < 1.29 is 19.4 Å². The highest BCUT2D eigenvalue weighted by molar-refractivity contribution is 5.91. The number of carboxylic acids is 1. The zero-order chi connectivity index (χ0) is 9.30. The summed E-state index contributed by atoms with van der Waals surface area (Å²) < 4.78 is 4.41. The van der Waals surface area contributed by atoms with Crippen molar-refractivity contribution in [1.29, 1.82) is 0 Å². The van der Waals surface area contributed by atoms with Crippen LogP contribution < -0.4 is 0 Å². The SMILES string of the molecule is C=C(C(=O)OC)C1CC1C(=O)O. The van der Waals surface area contributed by atoms with E-state index < -0.39 is 17.9 Å². The van der Waals surface area contributed by atoms with E-state index in [2.05, 4.69) is 11.3 Å². The molecule has 0 aromatic heterocycles. The van der Waals surface area contributed by atoms with Gasteiger partial charge in [0.25, 0.3) is 0 Å². The lowest BCUT2D eigenvalue weighted by Crippen LogP contribution is -2.08. The number of hydrogen-bond donors (Lipinski definition) is 1. The Balaban J connectivity index is 2.49. The first-order chi connectivity index (χ1) is 5.57. The number of rotatable bonds is 3. The van der Waals surface area contributed by atoms with Crippen LogP contribution >= 0.6 is 0 Å². The highest BCUT2D eigenvalue weighted by Crippen LogP contribution is 2.43. The molecule has 4 heteroatoms. The second-order valence-electron chi connectivity index (χ2n) is 2.80. The van der Waals surface area contributed by atoms with Crippen molar-refractivity contribution in [3.8, 4) is 0 Å². The van der Waals surface area contributed by atoms with Crippen LogP contribution in [0.15, 0.2) is 12.2 Å². The summed E-state index contributed by atoms with van der Waals surface area (Å²) in [6.07, 6.45) is 0.503. The van der Waals surface area contributed by atoms with Crippen molar-refractivity contribution >= 4 is 11.9 Å². The van der Waals surface area contributed by atoms with E-state index in [1.807, 2.05) is 0 Å². The third kappa shape index (κ3) is 1.47. The van der Waals surface area contributed by atoms with E-state index in [1.54, 1.807) is 0 Å². The molecule has 1 rings (SSSR count). The summed E-state index contributed by atoms with van der Waals surface area (Å²) in [7, 11) is 1.26. The van der Waals surface area contributed by atoms with Crippen molar-refractivity contribution in [3.05, 3.63) is 12.2 Å². The third-order valence-corrected chi connectivity index (χ3v) is 2.00. The second kappa shape index (κ2) is 2.97. The van der Waals surface area contributed by atoms with Gasteiger partial charge in [0.15, 0.2) is 0 Å². The highest BCUT2D eigenvalue weighted by Gasteiger charge is 2.46. The van der Waals surface area contributed by atoms with Crippen molar-refractivity contribution in [1.82, 2.24) is 0 Å². The van der Waals surface area contributed by atoms with E-state index in [-0.39, 0.29) is 11.5 Å². The molecule has 0 aliphatic heterocycles. The van der Waals surface area contributed by atoms with Gasteiger partial charge < -0.3 is 9.84 Å². The maximum absolute atomic E-state index is 10.8. The maximum Gasteiger partial charge on any atom is 0.333 e. The Bertz CT molecular complexity index is 243. The molecule has 4 nitrogen and oxygen atoms in total. The van der Waals surface area contributed by atoms with Crippen LogP contribution in [0, 0.1) is 11.8 Å². The Morgan fingerprint density at radius 2 is 2.08 bits per heavy atom. The number of carbonyl (C=O) groups is 2. The number of carboxylic acid groups (broad SMARTS) is 1. The lowest BCUT2D eigenvalue weighted by Gasteiger charge is -1.99. The van der Waals surface area contributed by atoms with Crippen molar-refractivity contribution in [2.75, 3.05) is 7.11 Å². The molecular formula is C8H10O4. The number of hydrogen-bond acceptors (Lipinski definition) is 3. The van der Waals surface area contributed by atoms with Gasteiger partial charge in [0.1, 0.15) is 0 Å². The lowest BCUT2D eigenvalue weighted by atomic mass is 10.1. The number of ether oxygens (including phenoxy) is 1. The van der Waals surface area contributed by atoms with Crippen LogP contribution in [0.3, 0.4) is 0 Å². The minimum Gasteiger partial charge on any atom is -0.481 e. The molecule has 0 aromatic carbocycles. The minimum absolute atomic E-state index is 0.213. The molecule has 1 N–H and O–H groups in total. The van der Waals surface area contributed by atoms with Gasteiger partial charge in [0.05, 0.1) is 13.0 Å². The molecule has 66 valence electrons. The van der Waals surface area contributed by atoms with Gasteiger partial charge in [0.2, 0.25) is 0 Å². The zero-order valence-electron chi connectivity index (χ0n) is 6.74. The third-order valence-electron chi connectivity index (χ3n) is 2.00. The first kappa shape index (κ1) is 8.77. The molecule has 0 bridgehead atoms. The number of esters is 1. The van der Waals surface area contributed by atoms with Gasteiger partial charge in [-0.25, -0.2) is 4.79 Å². The molecule has 0 radical (unpaired) electrons. The van der Waals surface area contributed by atoms with E-state index >= 15 is 0 Å². The topological polar surface area (TPSA) is 63.6 Å². The molecule has 0 heterocycles. The summed E-state index contributed by atoms with van der Waals surface area (Å²) in [5.41, 5.74) is 0.268. The molecule has 0 saturated heterocycles. The van der Waals surface area contributed by atoms with Gasteiger partial charge in [-0.2, -0.15) is 0 Å². The molecular weight excluding hydrogens is 160 g/mol. The molecule has 1 saturated carbocycles. The predicted molar refractivity (Wildman–Crippen MR) is 40.4 cm³/mol. The van der Waals surface area contributed by atoms with Crippen LogP contribution in [0.4, 0.5) is 0 Å². The Labute approximate surface area is 69.8 Å². The van der Waals surface area contributed by atoms with Gasteiger partial charge in [-0.05, 0) is 6.42 Å². The van der Waals surface area contributed by atoms with Crippen molar-refractivity contribution in [3.63, 3.8) is 0 Å². The first-order valence-electron chi connectivity index (χ1n) is 3.57. The van der Waals surface area contributed by atoms with E-state index in [0.29, 0.717) is 6.42 Å². The quantitative estimate of drug-likeness (QED) is 0.493. The summed E-state index contributed by atoms with van der Waals surface area (Å²) >= 11 is 0. The van der Waals surface area contributed by atoms with E-state index in [0.717, 1.165) is 0 Å². The zero-order valence-corrected chi connectivity index (χ0v) is 6.74. The van der Waals surface area contributed by atoms with Crippen LogP contribution in [0.25, 0.3) is 0 Å². The molecule has 1 aliphatic rings. The summed E-state index contributed by atoms with van der Waals surface area (Å²) in [6, 6.07) is 0. The highest BCUT2D eigenvalue weighted by atomic mass is 16.5. The summed E-state index contributed by atoms with van der Waals surface area (Å²) in [4.78, 5) is 21.2. The average Bonchev–Trinajstić information content (AvgIpc) is 2.80. The van der Waals surface area contributed by atoms with E-state index in [9.17, 15) is 9.59 Å². The van der Waals surface area contributed by atoms with Gasteiger partial charge in [-0.15, -0.1) is 0 Å². The average molecular weight is 170 g/mol. The fraction of sp³-hybridized carbons (Fsp3) is 0.500. The Kier molecular flexibility index (Phi) is 2.17. The molecule has 1 aliphatic carbocycles. The molecule has 0 aromatic rings. The van der Waals surface area contributed by atoms with E-state index in [4.69, 9.17) is 5.11 Å². The molecule has 1 fully saturated rings. The smallest absolute Gasteiger partial charge is 0.333 e. The lowest BCUT2D eigenvalue weighted by molar-refractivity contribution is -0.138. The minimum atomic E-state index is -0.870. The molecule has 12 heavy (non-hydrogen) atoms. The molecule has 2 unspecified atom stereocenters. The summed E-state index contributed by atoms with van der Waals surface area (Å²) in [5, 5.41) is 8.53. The molecule has 2 atom stereocenters. The number of methoxy groups -OCH3 is 1. The molecule has 0 amide bonds. The Morgan fingerprint density at radius 1 is 1.50 bits per heavy atom. The maximum atomic E-state index is 10.8. The van der Waals surface area contributed by atoms with Gasteiger partial charge in [0, 0.05) is 11.5 Å².